The minimum Gasteiger partial charge on any atom is -0.477 e. The highest BCUT2D eigenvalue weighted by Crippen LogP contribution is 2.36. The number of nitrogens with zero attached hydrogens (tertiary/aromatic N) is 2. The van der Waals surface area contributed by atoms with Crippen molar-refractivity contribution in [3.63, 3.8) is 0 Å². The maximum atomic E-state index is 12.1. The fourth-order valence-electron chi connectivity index (χ4n) is 1.53. The molecule has 0 aliphatic carbocycles. The van der Waals surface area contributed by atoms with Crippen LogP contribution in [0.5, 0.6) is 5.88 Å². The highest BCUT2D eigenvalue weighted by molar-refractivity contribution is 6.74. The third kappa shape index (κ3) is 4.17. The lowest BCUT2D eigenvalue weighted by atomic mass is 10.2. The van der Waals surface area contributed by atoms with Crippen molar-refractivity contribution in [3.05, 3.63) is 22.2 Å². The number of hydrogen-bond acceptors (Lipinski definition) is 5. The van der Waals surface area contributed by atoms with Gasteiger partial charge >= 0.3 is 11.5 Å². The summed E-state index contributed by atoms with van der Waals surface area (Å²) in [6, 6.07) is 0. The second-order valence-corrected chi connectivity index (χ2v) is 11.4. The summed E-state index contributed by atoms with van der Waals surface area (Å²) >= 11 is 0. The van der Waals surface area contributed by atoms with Crippen LogP contribution >= 0.6 is 0 Å². The number of aromatic nitrogens is 2. The van der Waals surface area contributed by atoms with Crippen molar-refractivity contribution in [2.45, 2.75) is 45.4 Å². The lowest BCUT2D eigenvalue weighted by molar-refractivity contribution is 0.0687. The minimum atomic E-state index is -1.91. The van der Waals surface area contributed by atoms with E-state index in [1.807, 2.05) is 0 Å². The highest BCUT2D eigenvalue weighted by atomic mass is 28.4. The van der Waals surface area contributed by atoms with E-state index in [9.17, 15) is 9.59 Å². The van der Waals surface area contributed by atoms with Crippen molar-refractivity contribution in [2.24, 2.45) is 0 Å². The van der Waals surface area contributed by atoms with Crippen molar-refractivity contribution in [1.29, 1.82) is 0 Å². The Morgan fingerprint density at radius 2 is 2.00 bits per heavy atom. The molecule has 1 rings (SSSR count). The third-order valence-corrected chi connectivity index (χ3v) is 8.50. The van der Waals surface area contributed by atoms with Crippen LogP contribution in [0.3, 0.4) is 0 Å². The number of ether oxygens (including phenoxy) is 1. The maximum absolute atomic E-state index is 12.1. The Hall–Kier alpha value is -1.67. The molecule has 1 heterocycles. The van der Waals surface area contributed by atoms with E-state index >= 15 is 0 Å². The Bertz CT molecular complexity index is 604. The number of methoxy groups -OCH3 is 1. The summed E-state index contributed by atoms with van der Waals surface area (Å²) in [5, 5.41) is 9.09. The lowest BCUT2D eigenvalue weighted by Crippen LogP contribution is -2.42. The van der Waals surface area contributed by atoms with Crippen molar-refractivity contribution in [3.8, 4) is 5.88 Å². The first-order valence-electron chi connectivity index (χ1n) is 7.02. The molecule has 1 aromatic heterocycles. The number of aromatic carboxylic acids is 1. The first kappa shape index (κ1) is 18.4. The van der Waals surface area contributed by atoms with Gasteiger partial charge in [0.15, 0.2) is 14.0 Å². The summed E-state index contributed by atoms with van der Waals surface area (Å²) < 4.78 is 12.1. The Labute approximate surface area is 131 Å². The van der Waals surface area contributed by atoms with Crippen LogP contribution in [0.25, 0.3) is 0 Å². The molecule has 0 bridgehead atoms. The average Bonchev–Trinajstić information content (AvgIpc) is 2.38. The van der Waals surface area contributed by atoms with Crippen LogP contribution in [0.1, 0.15) is 31.3 Å². The molecule has 124 valence electrons. The van der Waals surface area contributed by atoms with Crippen LogP contribution in [0.15, 0.2) is 11.0 Å². The van der Waals surface area contributed by atoms with Gasteiger partial charge in [-0.25, -0.2) is 4.79 Å². The Morgan fingerprint density at radius 1 is 1.41 bits per heavy atom. The van der Waals surface area contributed by atoms with Gasteiger partial charge in [-0.2, -0.15) is 4.98 Å². The fraction of sp³-hybridized carbons (Fsp3) is 0.643. The van der Waals surface area contributed by atoms with E-state index in [0.717, 1.165) is 0 Å². The molecular formula is C14H24N2O5Si. The van der Waals surface area contributed by atoms with Gasteiger partial charge < -0.3 is 18.8 Å². The van der Waals surface area contributed by atoms with Crippen molar-refractivity contribution in [1.82, 2.24) is 9.55 Å². The molecule has 0 atom stereocenters. The van der Waals surface area contributed by atoms with Crippen molar-refractivity contribution < 1.29 is 19.1 Å². The van der Waals surface area contributed by atoms with Gasteiger partial charge in [0.05, 0.1) is 13.7 Å². The zero-order valence-electron chi connectivity index (χ0n) is 14.0. The van der Waals surface area contributed by atoms with Gasteiger partial charge in [-0.05, 0) is 18.1 Å². The van der Waals surface area contributed by atoms with E-state index in [1.165, 1.54) is 17.9 Å². The van der Waals surface area contributed by atoms with Gasteiger partial charge in [0.1, 0.15) is 0 Å². The molecule has 22 heavy (non-hydrogen) atoms. The molecule has 0 spiro atoms. The van der Waals surface area contributed by atoms with Gasteiger partial charge in [-0.15, -0.1) is 0 Å². The van der Waals surface area contributed by atoms with Crippen molar-refractivity contribution >= 4 is 14.3 Å². The normalized spacial score (nSPS) is 12.3. The summed E-state index contributed by atoms with van der Waals surface area (Å²) in [7, 11) is -0.628. The molecule has 0 aliphatic rings. The molecule has 1 N–H and O–H groups in total. The second kappa shape index (κ2) is 6.61. The quantitative estimate of drug-likeness (QED) is 0.803. The van der Waals surface area contributed by atoms with Crippen LogP contribution in [0.2, 0.25) is 18.1 Å². The van der Waals surface area contributed by atoms with E-state index in [-0.39, 0.29) is 23.2 Å². The number of carbonyl (C=O) groups is 1. The van der Waals surface area contributed by atoms with Crippen LogP contribution in [0, 0.1) is 0 Å². The smallest absolute Gasteiger partial charge is 0.356 e. The zero-order valence-corrected chi connectivity index (χ0v) is 15.0. The Kier molecular flexibility index (Phi) is 5.53. The maximum Gasteiger partial charge on any atom is 0.356 e. The highest BCUT2D eigenvalue weighted by Gasteiger charge is 2.36. The first-order valence-corrected chi connectivity index (χ1v) is 9.93. The number of hydrogen-bond donors (Lipinski definition) is 1. The SMILES string of the molecule is COc1nc(C(=O)O)cn(CCO[Si](C)(C)C(C)(C)C)c1=O. The van der Waals surface area contributed by atoms with E-state index in [0.29, 0.717) is 6.61 Å². The predicted octanol–water partition coefficient (Wildman–Crippen LogP) is 1.97. The molecule has 0 aromatic carbocycles. The lowest BCUT2D eigenvalue weighted by Gasteiger charge is -2.36. The van der Waals surface area contributed by atoms with Crippen LogP contribution in [-0.4, -0.2) is 42.7 Å². The largest absolute Gasteiger partial charge is 0.477 e. The van der Waals surface area contributed by atoms with Gasteiger partial charge in [-0.3, -0.25) is 4.79 Å². The monoisotopic (exact) mass is 328 g/mol. The first-order chi connectivity index (χ1) is 9.99. The third-order valence-electron chi connectivity index (χ3n) is 3.96. The van der Waals surface area contributed by atoms with Crippen LogP contribution < -0.4 is 10.3 Å². The summed E-state index contributed by atoms with van der Waals surface area (Å²) in [4.78, 5) is 26.8. The molecule has 1 aromatic rings. The zero-order chi connectivity index (χ0) is 17.1. The van der Waals surface area contributed by atoms with Crippen LogP contribution in [0.4, 0.5) is 0 Å². The summed E-state index contributed by atoms with van der Waals surface area (Å²) in [6.45, 7) is 11.2. The van der Waals surface area contributed by atoms with E-state index in [2.05, 4.69) is 38.8 Å². The molecule has 8 heteroatoms. The van der Waals surface area contributed by atoms with E-state index < -0.39 is 19.8 Å². The van der Waals surface area contributed by atoms with E-state index in [4.69, 9.17) is 14.3 Å². The molecule has 0 unspecified atom stereocenters. The molecular weight excluding hydrogens is 304 g/mol. The molecule has 0 saturated carbocycles. The predicted molar refractivity (Wildman–Crippen MR) is 85.2 cm³/mol. The number of carboxylic acid groups (broad SMARTS) is 1. The topological polar surface area (TPSA) is 90.7 Å². The average molecular weight is 328 g/mol. The van der Waals surface area contributed by atoms with Crippen molar-refractivity contribution in [2.75, 3.05) is 13.7 Å². The molecule has 0 radical (unpaired) electrons. The van der Waals surface area contributed by atoms with E-state index in [1.54, 1.807) is 0 Å². The molecule has 0 fully saturated rings. The van der Waals surface area contributed by atoms with Gasteiger partial charge in [0.25, 0.3) is 5.88 Å². The second-order valence-electron chi connectivity index (χ2n) is 6.55. The molecule has 0 amide bonds. The number of carboxylic acids is 1. The Morgan fingerprint density at radius 3 is 2.45 bits per heavy atom. The summed E-state index contributed by atoms with van der Waals surface area (Å²) in [5.74, 6) is -1.44. The Balaban J connectivity index is 2.93. The minimum absolute atomic E-state index is 0.0696. The van der Waals surface area contributed by atoms with Crippen LogP contribution in [-0.2, 0) is 11.0 Å². The van der Waals surface area contributed by atoms with Gasteiger partial charge in [0, 0.05) is 12.7 Å². The fourth-order valence-corrected chi connectivity index (χ4v) is 2.57. The summed E-state index contributed by atoms with van der Waals surface area (Å²) in [6.07, 6.45) is 1.21. The standard InChI is InChI=1S/C14H24N2O5Si/c1-14(2,3)22(5,6)21-8-7-16-9-10(13(18)19)15-11(20-4)12(16)17/h9H,7-8H2,1-6H3,(H,18,19). The molecule has 7 nitrogen and oxygen atoms in total. The van der Waals surface area contributed by atoms with Gasteiger partial charge in [-0.1, -0.05) is 20.8 Å². The molecule has 0 aliphatic heterocycles. The number of rotatable bonds is 6. The molecule has 0 saturated heterocycles. The summed E-state index contributed by atoms with van der Waals surface area (Å²) in [5.41, 5.74) is -0.699. The van der Waals surface area contributed by atoms with Gasteiger partial charge in [0.2, 0.25) is 0 Å².